The van der Waals surface area contributed by atoms with Crippen LogP contribution in [0.2, 0.25) is 0 Å². The highest BCUT2D eigenvalue weighted by Gasteiger charge is 2.33. The van der Waals surface area contributed by atoms with Crippen molar-refractivity contribution in [2.45, 2.75) is 6.92 Å². The number of rotatable bonds is 8. The van der Waals surface area contributed by atoms with E-state index in [0.717, 1.165) is 11.8 Å². The van der Waals surface area contributed by atoms with Gasteiger partial charge < -0.3 is 28.8 Å². The Labute approximate surface area is 196 Å². The maximum Gasteiger partial charge on any atom is 0.344 e. The van der Waals surface area contributed by atoms with Gasteiger partial charge in [-0.3, -0.25) is 0 Å². The van der Waals surface area contributed by atoms with E-state index in [2.05, 4.69) is 4.99 Å². The maximum absolute atomic E-state index is 12.7. The molecule has 174 valence electrons. The van der Waals surface area contributed by atoms with Crippen LogP contribution >= 0.6 is 11.8 Å². The minimum absolute atomic E-state index is 0.00949. The molecule has 2 aromatic rings. The molecule has 0 bridgehead atoms. The normalized spacial score (nSPS) is 15.7. The summed E-state index contributed by atoms with van der Waals surface area (Å²) in [5, 5.41) is 11.2. The second-order valence-corrected chi connectivity index (χ2v) is 7.62. The average molecular weight is 472 g/mol. The Balaban J connectivity index is 2.10. The molecule has 3 rings (SSSR count). The van der Waals surface area contributed by atoms with Crippen LogP contribution in [0.1, 0.15) is 12.5 Å². The number of methoxy groups -OCH3 is 4. The first-order chi connectivity index (χ1) is 16.0. The highest BCUT2D eigenvalue weighted by molar-refractivity contribution is 8.18. The predicted octanol–water partition coefficient (Wildman–Crippen LogP) is 4.91. The number of hydrogen-bond acceptors (Lipinski definition) is 9. The SMILES string of the molecule is CCOC(=O)C1=C(O)C(=Cc2cccc(OC)c2OC)SC1=Nc1ccc(OC)c(OC)c1. The lowest BCUT2D eigenvalue weighted by molar-refractivity contribution is -0.138. The lowest BCUT2D eigenvalue weighted by atomic mass is 10.1. The summed E-state index contributed by atoms with van der Waals surface area (Å²) in [5.41, 5.74) is 1.18. The number of esters is 1. The monoisotopic (exact) mass is 471 g/mol. The number of nitrogens with zero attached hydrogens (tertiary/aromatic N) is 1. The maximum atomic E-state index is 12.7. The smallest absolute Gasteiger partial charge is 0.344 e. The van der Waals surface area contributed by atoms with Crippen molar-refractivity contribution in [1.29, 1.82) is 0 Å². The first-order valence-corrected chi connectivity index (χ1v) is 10.8. The molecule has 0 radical (unpaired) electrons. The molecule has 1 heterocycles. The molecule has 1 aliphatic rings. The van der Waals surface area contributed by atoms with Crippen LogP contribution in [0.4, 0.5) is 5.69 Å². The minimum Gasteiger partial charge on any atom is -0.506 e. The third kappa shape index (κ3) is 5.09. The Kier molecular flexibility index (Phi) is 7.89. The summed E-state index contributed by atoms with van der Waals surface area (Å²) < 4.78 is 26.6. The number of carbonyl (C=O) groups excluding carboxylic acids is 1. The standard InChI is InChI=1S/C24H25NO7S/c1-6-32-24(27)20-21(26)19(12-14-8-7-9-17(29-3)22(14)31-5)33-23(20)25-15-10-11-16(28-2)18(13-15)30-4/h7-13,26H,6H2,1-5H3. The van der Waals surface area contributed by atoms with Gasteiger partial charge in [0.25, 0.3) is 0 Å². The second-order valence-electron chi connectivity index (χ2n) is 6.59. The molecule has 0 fully saturated rings. The van der Waals surface area contributed by atoms with Crippen molar-refractivity contribution in [2.24, 2.45) is 4.99 Å². The molecule has 0 atom stereocenters. The van der Waals surface area contributed by atoms with Gasteiger partial charge in [0, 0.05) is 11.6 Å². The molecule has 0 aliphatic carbocycles. The topological polar surface area (TPSA) is 95.8 Å². The van der Waals surface area contributed by atoms with E-state index in [-0.39, 0.29) is 17.9 Å². The van der Waals surface area contributed by atoms with Crippen molar-refractivity contribution in [3.8, 4) is 23.0 Å². The van der Waals surface area contributed by atoms with E-state index in [0.29, 0.717) is 44.2 Å². The number of hydrogen-bond donors (Lipinski definition) is 1. The van der Waals surface area contributed by atoms with E-state index < -0.39 is 5.97 Å². The minimum atomic E-state index is -0.664. The summed E-state index contributed by atoms with van der Waals surface area (Å²) >= 11 is 1.14. The fraction of sp³-hybridized carbons (Fsp3) is 0.250. The number of benzene rings is 2. The van der Waals surface area contributed by atoms with Gasteiger partial charge >= 0.3 is 5.97 Å². The van der Waals surface area contributed by atoms with E-state index in [1.54, 1.807) is 57.6 Å². The van der Waals surface area contributed by atoms with Gasteiger partial charge in [-0.2, -0.15) is 0 Å². The van der Waals surface area contributed by atoms with Crippen LogP contribution in [0.15, 0.2) is 57.6 Å². The number of thioether (sulfide) groups is 1. The van der Waals surface area contributed by atoms with E-state index >= 15 is 0 Å². The van der Waals surface area contributed by atoms with Gasteiger partial charge in [0.2, 0.25) is 0 Å². The van der Waals surface area contributed by atoms with Crippen molar-refractivity contribution in [3.05, 3.63) is 58.2 Å². The molecule has 1 N–H and O–H groups in total. The molecule has 1 aliphatic heterocycles. The van der Waals surface area contributed by atoms with Crippen LogP contribution in [-0.2, 0) is 9.53 Å². The summed E-state index contributed by atoms with van der Waals surface area (Å²) in [6, 6.07) is 10.5. The number of aliphatic hydroxyl groups is 1. The summed E-state index contributed by atoms with van der Waals surface area (Å²) in [6.07, 6.45) is 1.71. The highest BCUT2D eigenvalue weighted by atomic mass is 32.2. The number of para-hydroxylation sites is 1. The van der Waals surface area contributed by atoms with Gasteiger partial charge in [-0.05, 0) is 31.2 Å². The van der Waals surface area contributed by atoms with E-state index in [1.165, 1.54) is 14.2 Å². The molecule has 0 saturated heterocycles. The van der Waals surface area contributed by atoms with Gasteiger partial charge in [-0.25, -0.2) is 9.79 Å². The zero-order valence-electron chi connectivity index (χ0n) is 19.0. The van der Waals surface area contributed by atoms with Gasteiger partial charge in [0.15, 0.2) is 23.0 Å². The highest BCUT2D eigenvalue weighted by Crippen LogP contribution is 2.43. The lowest BCUT2D eigenvalue weighted by Crippen LogP contribution is -2.12. The fourth-order valence-corrected chi connectivity index (χ4v) is 4.20. The van der Waals surface area contributed by atoms with Crippen molar-refractivity contribution in [3.63, 3.8) is 0 Å². The van der Waals surface area contributed by atoms with Crippen LogP contribution in [0.25, 0.3) is 6.08 Å². The summed E-state index contributed by atoms with van der Waals surface area (Å²) in [6.45, 7) is 1.85. The van der Waals surface area contributed by atoms with Crippen LogP contribution in [-0.4, -0.2) is 51.2 Å². The van der Waals surface area contributed by atoms with Crippen molar-refractivity contribution in [2.75, 3.05) is 35.0 Å². The number of aliphatic hydroxyl groups excluding tert-OH is 1. The molecule has 33 heavy (non-hydrogen) atoms. The molecular weight excluding hydrogens is 446 g/mol. The third-order valence-electron chi connectivity index (χ3n) is 4.69. The van der Waals surface area contributed by atoms with Crippen molar-refractivity contribution < 1.29 is 33.6 Å². The summed E-state index contributed by atoms with van der Waals surface area (Å²) in [5.74, 6) is 1.21. The summed E-state index contributed by atoms with van der Waals surface area (Å²) in [7, 11) is 6.14. The Hall–Kier alpha value is -3.59. The predicted molar refractivity (Wildman–Crippen MR) is 128 cm³/mol. The molecule has 0 spiro atoms. The molecule has 0 aromatic heterocycles. The Morgan fingerprint density at radius 2 is 1.73 bits per heavy atom. The van der Waals surface area contributed by atoms with Gasteiger partial charge in [-0.15, -0.1) is 0 Å². The zero-order valence-corrected chi connectivity index (χ0v) is 19.8. The van der Waals surface area contributed by atoms with E-state index in [4.69, 9.17) is 23.7 Å². The Morgan fingerprint density at radius 1 is 1.00 bits per heavy atom. The average Bonchev–Trinajstić information content (AvgIpc) is 3.13. The van der Waals surface area contributed by atoms with Crippen molar-refractivity contribution in [1.82, 2.24) is 0 Å². The molecular formula is C24H25NO7S. The molecule has 8 nitrogen and oxygen atoms in total. The first kappa shape index (κ1) is 24.1. The Bertz CT molecular complexity index is 1140. The number of aliphatic imine (C=N–C) groups is 1. The lowest BCUT2D eigenvalue weighted by Gasteiger charge is -2.10. The van der Waals surface area contributed by atoms with Crippen LogP contribution in [0, 0.1) is 0 Å². The van der Waals surface area contributed by atoms with Crippen LogP contribution in [0.3, 0.4) is 0 Å². The van der Waals surface area contributed by atoms with Crippen molar-refractivity contribution >= 4 is 34.5 Å². The zero-order chi connectivity index (χ0) is 24.0. The Morgan fingerprint density at radius 3 is 2.36 bits per heavy atom. The fourth-order valence-electron chi connectivity index (χ4n) is 3.17. The third-order valence-corrected chi connectivity index (χ3v) is 5.71. The molecule has 0 unspecified atom stereocenters. The molecule has 0 saturated carbocycles. The van der Waals surface area contributed by atoms with Gasteiger partial charge in [0.1, 0.15) is 16.4 Å². The summed E-state index contributed by atoms with van der Waals surface area (Å²) in [4.78, 5) is 17.6. The van der Waals surface area contributed by atoms with E-state index in [9.17, 15) is 9.90 Å². The van der Waals surface area contributed by atoms with Crippen LogP contribution in [0.5, 0.6) is 23.0 Å². The first-order valence-electron chi connectivity index (χ1n) is 9.99. The van der Waals surface area contributed by atoms with Gasteiger partial charge in [-0.1, -0.05) is 23.9 Å². The molecule has 0 amide bonds. The largest absolute Gasteiger partial charge is 0.506 e. The number of ether oxygens (including phenoxy) is 5. The molecule has 9 heteroatoms. The molecule has 2 aromatic carbocycles. The number of carbonyl (C=O) groups is 1. The van der Waals surface area contributed by atoms with Crippen LogP contribution < -0.4 is 18.9 Å². The van der Waals surface area contributed by atoms with E-state index in [1.807, 2.05) is 6.07 Å². The van der Waals surface area contributed by atoms with Gasteiger partial charge in [0.05, 0.1) is 45.6 Å². The second kappa shape index (κ2) is 10.8. The quantitative estimate of drug-likeness (QED) is 0.543.